The van der Waals surface area contributed by atoms with Crippen LogP contribution >= 0.6 is 11.3 Å². The van der Waals surface area contributed by atoms with Crippen molar-refractivity contribution < 1.29 is 19.2 Å². The lowest BCUT2D eigenvalue weighted by Gasteiger charge is -2.20. The van der Waals surface area contributed by atoms with Crippen molar-refractivity contribution in [1.29, 1.82) is 0 Å². The summed E-state index contributed by atoms with van der Waals surface area (Å²) in [5.74, 6) is -0.180. The molecule has 0 spiro atoms. The number of nitro benzene ring substituents is 1. The first-order chi connectivity index (χ1) is 14.4. The summed E-state index contributed by atoms with van der Waals surface area (Å²) in [5.41, 5.74) is 2.13. The number of ether oxygens (including phenoxy) is 1. The summed E-state index contributed by atoms with van der Waals surface area (Å²) in [6.07, 6.45) is 6.77. The second kappa shape index (κ2) is 9.67. The van der Waals surface area contributed by atoms with Gasteiger partial charge in [-0.15, -0.1) is 11.3 Å². The smallest absolute Gasteiger partial charge is 0.341 e. The first kappa shape index (κ1) is 21.7. The second-order valence-electron chi connectivity index (χ2n) is 7.12. The number of hydrogen-bond donors (Lipinski definition) is 1. The zero-order chi connectivity index (χ0) is 21.7. The van der Waals surface area contributed by atoms with Crippen molar-refractivity contribution in [3.8, 4) is 0 Å². The largest absolute Gasteiger partial charge is 0.462 e. The predicted octanol–water partition coefficient (Wildman–Crippen LogP) is 5.00. The highest BCUT2D eigenvalue weighted by molar-refractivity contribution is 7.17. The van der Waals surface area contributed by atoms with E-state index in [1.165, 1.54) is 29.5 Å². The fraction of sp³-hybridized carbons (Fsp3) is 0.364. The number of hydrogen-bond acceptors (Lipinski definition) is 6. The minimum Gasteiger partial charge on any atom is -0.462 e. The standard InChI is InChI=1S/C22H24N2O5S/c1-3-14-7-11-17-18(13-14)30-21(20(17)22(26)29-4-2)23-19(25)12-8-15-5-9-16(10-6-15)24(27)28/h5-6,8-10,12,14H,3-4,7,11,13H2,1-2H3,(H,23,25). The molecule has 1 N–H and O–H groups in total. The number of rotatable bonds is 7. The SMILES string of the molecule is CCOC(=O)c1c(NC(=O)C=Cc2ccc([N+](=O)[O-])cc2)sc2c1CCC(CC)C2. The number of nitrogens with one attached hydrogen (secondary N) is 1. The maximum Gasteiger partial charge on any atom is 0.341 e. The summed E-state index contributed by atoms with van der Waals surface area (Å²) in [6, 6.07) is 5.91. The molecule has 1 aliphatic carbocycles. The Hall–Kier alpha value is -3.00. The van der Waals surface area contributed by atoms with E-state index in [0.717, 1.165) is 36.1 Å². The molecule has 0 aliphatic heterocycles. The second-order valence-corrected chi connectivity index (χ2v) is 8.22. The highest BCUT2D eigenvalue weighted by Gasteiger charge is 2.29. The lowest BCUT2D eigenvalue weighted by atomic mass is 9.85. The van der Waals surface area contributed by atoms with E-state index in [4.69, 9.17) is 4.74 Å². The normalized spacial score (nSPS) is 15.6. The molecule has 7 nitrogen and oxygen atoms in total. The summed E-state index contributed by atoms with van der Waals surface area (Å²) >= 11 is 1.45. The lowest BCUT2D eigenvalue weighted by Crippen LogP contribution is -2.16. The number of carbonyl (C=O) groups excluding carboxylic acids is 2. The fourth-order valence-electron chi connectivity index (χ4n) is 3.54. The van der Waals surface area contributed by atoms with Gasteiger partial charge in [0.15, 0.2) is 0 Å². The van der Waals surface area contributed by atoms with E-state index in [9.17, 15) is 19.7 Å². The van der Waals surface area contributed by atoms with Gasteiger partial charge in [0.1, 0.15) is 5.00 Å². The van der Waals surface area contributed by atoms with Crippen molar-refractivity contribution >= 4 is 40.0 Å². The maximum atomic E-state index is 12.6. The first-order valence-corrected chi connectivity index (χ1v) is 10.8. The Labute approximate surface area is 178 Å². The average molecular weight is 429 g/mol. The molecule has 1 atom stereocenters. The van der Waals surface area contributed by atoms with E-state index >= 15 is 0 Å². The van der Waals surface area contributed by atoms with Gasteiger partial charge in [-0.3, -0.25) is 14.9 Å². The Bertz CT molecular complexity index is 978. The van der Waals surface area contributed by atoms with Gasteiger partial charge in [0.05, 0.1) is 17.1 Å². The molecule has 30 heavy (non-hydrogen) atoms. The number of thiophene rings is 1. The maximum absolute atomic E-state index is 12.6. The fourth-order valence-corrected chi connectivity index (χ4v) is 4.90. The Morgan fingerprint density at radius 2 is 2.03 bits per heavy atom. The van der Waals surface area contributed by atoms with Gasteiger partial charge in [0, 0.05) is 23.1 Å². The van der Waals surface area contributed by atoms with Gasteiger partial charge in [-0.05, 0) is 61.4 Å². The zero-order valence-corrected chi connectivity index (χ0v) is 17.8. The molecule has 8 heteroatoms. The van der Waals surface area contributed by atoms with Gasteiger partial charge in [-0.2, -0.15) is 0 Å². The van der Waals surface area contributed by atoms with E-state index in [1.54, 1.807) is 25.1 Å². The van der Waals surface area contributed by atoms with Crippen LogP contribution in [-0.4, -0.2) is 23.4 Å². The van der Waals surface area contributed by atoms with E-state index in [-0.39, 0.29) is 18.2 Å². The van der Waals surface area contributed by atoms with Crippen molar-refractivity contribution in [2.75, 3.05) is 11.9 Å². The third-order valence-electron chi connectivity index (χ3n) is 5.19. The number of amides is 1. The van der Waals surface area contributed by atoms with Crippen LogP contribution in [0.4, 0.5) is 10.7 Å². The van der Waals surface area contributed by atoms with Crippen LogP contribution in [-0.2, 0) is 22.4 Å². The van der Waals surface area contributed by atoms with E-state index in [2.05, 4.69) is 12.2 Å². The molecule has 3 rings (SSSR count). The molecule has 1 aromatic heterocycles. The Morgan fingerprint density at radius 3 is 2.67 bits per heavy atom. The van der Waals surface area contributed by atoms with Crippen LogP contribution in [0, 0.1) is 16.0 Å². The van der Waals surface area contributed by atoms with Crippen LogP contribution in [0.25, 0.3) is 6.08 Å². The van der Waals surface area contributed by atoms with Gasteiger partial charge in [-0.25, -0.2) is 4.79 Å². The molecule has 1 unspecified atom stereocenters. The summed E-state index contributed by atoms with van der Waals surface area (Å²) in [4.78, 5) is 36.4. The third-order valence-corrected chi connectivity index (χ3v) is 6.36. The van der Waals surface area contributed by atoms with Crippen molar-refractivity contribution in [1.82, 2.24) is 0 Å². The van der Waals surface area contributed by atoms with Crippen molar-refractivity contribution in [3.63, 3.8) is 0 Å². The molecule has 1 aromatic carbocycles. The molecule has 0 saturated carbocycles. The Morgan fingerprint density at radius 1 is 1.30 bits per heavy atom. The molecule has 1 amide bonds. The molecular weight excluding hydrogens is 404 g/mol. The van der Waals surface area contributed by atoms with Gasteiger partial charge in [-0.1, -0.05) is 13.3 Å². The molecular formula is C22H24N2O5S. The number of nitro groups is 1. The average Bonchev–Trinajstić information content (AvgIpc) is 3.09. The molecule has 0 saturated heterocycles. The molecule has 1 heterocycles. The summed E-state index contributed by atoms with van der Waals surface area (Å²) in [7, 11) is 0. The minimum atomic E-state index is -0.473. The number of nitrogens with zero attached hydrogens (tertiary/aromatic N) is 1. The quantitative estimate of drug-likeness (QED) is 0.290. The van der Waals surface area contributed by atoms with Gasteiger partial charge in [0.2, 0.25) is 5.91 Å². The van der Waals surface area contributed by atoms with Gasteiger partial charge < -0.3 is 10.1 Å². The third kappa shape index (κ3) is 4.94. The van der Waals surface area contributed by atoms with Crippen LogP contribution in [0.3, 0.4) is 0 Å². The molecule has 158 valence electrons. The first-order valence-electron chi connectivity index (χ1n) is 9.98. The van der Waals surface area contributed by atoms with Gasteiger partial charge >= 0.3 is 5.97 Å². The number of anilines is 1. The van der Waals surface area contributed by atoms with E-state index in [1.807, 2.05) is 0 Å². The number of non-ortho nitro benzene ring substituents is 1. The summed E-state index contributed by atoms with van der Waals surface area (Å²) < 4.78 is 5.23. The number of benzene rings is 1. The van der Waals surface area contributed by atoms with Crippen LogP contribution in [0.2, 0.25) is 0 Å². The minimum absolute atomic E-state index is 0.00905. The monoisotopic (exact) mass is 428 g/mol. The van der Waals surface area contributed by atoms with E-state index in [0.29, 0.717) is 22.0 Å². The molecule has 0 bridgehead atoms. The lowest BCUT2D eigenvalue weighted by molar-refractivity contribution is -0.384. The number of fused-ring (bicyclic) bond motifs is 1. The highest BCUT2D eigenvalue weighted by atomic mass is 32.1. The number of carbonyl (C=O) groups is 2. The van der Waals surface area contributed by atoms with Crippen molar-refractivity contribution in [3.05, 3.63) is 62.0 Å². The van der Waals surface area contributed by atoms with E-state index < -0.39 is 10.9 Å². The van der Waals surface area contributed by atoms with Crippen molar-refractivity contribution in [2.45, 2.75) is 39.5 Å². The highest BCUT2D eigenvalue weighted by Crippen LogP contribution is 2.40. The molecule has 1 aliphatic rings. The predicted molar refractivity (Wildman–Crippen MR) is 117 cm³/mol. The Kier molecular flexibility index (Phi) is 6.99. The van der Waals surface area contributed by atoms with Crippen LogP contribution in [0.15, 0.2) is 30.3 Å². The Balaban J connectivity index is 1.79. The number of esters is 1. The summed E-state index contributed by atoms with van der Waals surface area (Å²) in [6.45, 7) is 4.20. The van der Waals surface area contributed by atoms with Crippen LogP contribution in [0.1, 0.15) is 53.1 Å². The van der Waals surface area contributed by atoms with Crippen LogP contribution in [0.5, 0.6) is 0 Å². The molecule has 0 radical (unpaired) electrons. The topological polar surface area (TPSA) is 98.5 Å². The van der Waals surface area contributed by atoms with Crippen LogP contribution < -0.4 is 5.32 Å². The molecule has 2 aromatic rings. The zero-order valence-electron chi connectivity index (χ0n) is 17.0. The molecule has 0 fully saturated rings. The summed E-state index contributed by atoms with van der Waals surface area (Å²) in [5, 5.41) is 14.1. The van der Waals surface area contributed by atoms with Gasteiger partial charge in [0.25, 0.3) is 5.69 Å². The van der Waals surface area contributed by atoms with Crippen molar-refractivity contribution in [2.24, 2.45) is 5.92 Å².